The van der Waals surface area contributed by atoms with Crippen LogP contribution in [0.5, 0.6) is 5.75 Å². The van der Waals surface area contributed by atoms with E-state index in [4.69, 9.17) is 16.3 Å². The van der Waals surface area contributed by atoms with Gasteiger partial charge in [0.05, 0.1) is 24.2 Å². The summed E-state index contributed by atoms with van der Waals surface area (Å²) in [4.78, 5) is 48.4. The summed E-state index contributed by atoms with van der Waals surface area (Å²) < 4.78 is 64.0. The van der Waals surface area contributed by atoms with E-state index in [0.29, 0.717) is 6.07 Å². The minimum absolute atomic E-state index is 0.115. The molecule has 0 aliphatic rings. The molecule has 1 aromatic heterocycles. The van der Waals surface area contributed by atoms with Crippen molar-refractivity contribution in [3.8, 4) is 11.4 Å². The molecule has 9 nitrogen and oxygen atoms in total. The SMILES string of the molecule is COC(=O)CC(C)NC(=O)C(C)Oc1cc(-n2c(=O)cc(C(F)(F)F)n(C)c2=O)c(F)cc1Cl. The van der Waals surface area contributed by atoms with E-state index in [-0.39, 0.29) is 32.4 Å². The molecule has 0 saturated heterocycles. The van der Waals surface area contributed by atoms with Gasteiger partial charge < -0.3 is 14.8 Å². The van der Waals surface area contributed by atoms with Gasteiger partial charge in [0.1, 0.15) is 17.3 Å². The largest absolute Gasteiger partial charge is 0.479 e. The lowest BCUT2D eigenvalue weighted by Crippen LogP contribution is -2.42. The molecule has 0 fully saturated rings. The van der Waals surface area contributed by atoms with Gasteiger partial charge in [0.25, 0.3) is 11.5 Å². The Morgan fingerprint density at radius 2 is 1.79 bits per heavy atom. The third-order valence-corrected chi connectivity index (χ3v) is 4.91. The highest BCUT2D eigenvalue weighted by molar-refractivity contribution is 6.32. The number of alkyl halides is 3. The van der Waals surface area contributed by atoms with Gasteiger partial charge in [-0.05, 0) is 19.9 Å². The van der Waals surface area contributed by atoms with E-state index in [1.807, 2.05) is 0 Å². The predicted octanol–water partition coefficient (Wildman–Crippen LogP) is 2.18. The van der Waals surface area contributed by atoms with E-state index in [2.05, 4.69) is 10.1 Å². The maximum Gasteiger partial charge on any atom is 0.431 e. The van der Waals surface area contributed by atoms with Crippen molar-refractivity contribution in [2.75, 3.05) is 7.11 Å². The van der Waals surface area contributed by atoms with Crippen LogP contribution in [0.2, 0.25) is 5.02 Å². The number of methoxy groups -OCH3 is 1. The van der Waals surface area contributed by atoms with Crippen LogP contribution in [-0.2, 0) is 27.5 Å². The molecular weight excluding hydrogens is 490 g/mol. The first kappa shape index (κ1) is 26.9. The first-order valence-corrected chi connectivity index (χ1v) is 9.98. The molecule has 2 unspecified atom stereocenters. The molecule has 186 valence electrons. The van der Waals surface area contributed by atoms with E-state index in [1.165, 1.54) is 21.0 Å². The van der Waals surface area contributed by atoms with Gasteiger partial charge in [0.2, 0.25) is 0 Å². The third-order valence-electron chi connectivity index (χ3n) is 4.61. The molecule has 2 aromatic rings. The lowest BCUT2D eigenvalue weighted by Gasteiger charge is -2.20. The second-order valence-electron chi connectivity index (χ2n) is 7.23. The minimum atomic E-state index is -4.99. The molecule has 14 heteroatoms. The highest BCUT2D eigenvalue weighted by Gasteiger charge is 2.35. The zero-order chi connectivity index (χ0) is 26.0. The summed E-state index contributed by atoms with van der Waals surface area (Å²) in [6, 6.07) is 1.03. The van der Waals surface area contributed by atoms with Gasteiger partial charge in [0, 0.05) is 25.2 Å². The van der Waals surface area contributed by atoms with E-state index in [0.717, 1.165) is 13.1 Å². The molecule has 0 spiro atoms. The number of hydrogen-bond donors (Lipinski definition) is 1. The monoisotopic (exact) mass is 509 g/mol. The Labute approximate surface area is 194 Å². The van der Waals surface area contributed by atoms with Crippen molar-refractivity contribution in [2.45, 2.75) is 38.6 Å². The van der Waals surface area contributed by atoms with Crippen molar-refractivity contribution < 1.29 is 36.6 Å². The highest BCUT2D eigenvalue weighted by atomic mass is 35.5. The Kier molecular flexibility index (Phi) is 8.14. The average molecular weight is 510 g/mol. The van der Waals surface area contributed by atoms with Crippen LogP contribution >= 0.6 is 11.6 Å². The normalized spacial score (nSPS) is 13.2. The topological polar surface area (TPSA) is 109 Å². The van der Waals surface area contributed by atoms with Crippen LogP contribution in [0.1, 0.15) is 26.0 Å². The third kappa shape index (κ3) is 5.95. The Bertz CT molecular complexity index is 1220. The zero-order valence-corrected chi connectivity index (χ0v) is 19.1. The number of hydrogen-bond acceptors (Lipinski definition) is 6. The maximum absolute atomic E-state index is 14.6. The number of nitrogens with zero attached hydrogens (tertiary/aromatic N) is 2. The molecule has 0 bridgehead atoms. The number of benzene rings is 1. The molecule has 0 saturated carbocycles. The lowest BCUT2D eigenvalue weighted by atomic mass is 10.2. The summed E-state index contributed by atoms with van der Waals surface area (Å²) >= 11 is 5.95. The van der Waals surface area contributed by atoms with Gasteiger partial charge in [-0.3, -0.25) is 19.0 Å². The number of aromatic nitrogens is 2. The summed E-state index contributed by atoms with van der Waals surface area (Å²) in [6.45, 7) is 2.85. The first-order valence-electron chi connectivity index (χ1n) is 9.60. The highest BCUT2D eigenvalue weighted by Crippen LogP contribution is 2.30. The van der Waals surface area contributed by atoms with Crippen LogP contribution in [0, 0.1) is 5.82 Å². The molecule has 0 radical (unpaired) electrons. The molecule has 1 amide bonds. The van der Waals surface area contributed by atoms with Gasteiger partial charge in [-0.1, -0.05) is 11.6 Å². The fourth-order valence-corrected chi connectivity index (χ4v) is 3.08. The fourth-order valence-electron chi connectivity index (χ4n) is 2.89. The van der Waals surface area contributed by atoms with Crippen molar-refractivity contribution in [3.05, 3.63) is 55.6 Å². The number of esters is 1. The van der Waals surface area contributed by atoms with Crippen molar-refractivity contribution in [1.29, 1.82) is 0 Å². The Hall–Kier alpha value is -3.35. The van der Waals surface area contributed by atoms with E-state index < -0.39 is 58.6 Å². The number of carbonyl (C=O) groups excluding carboxylic acids is 2. The molecule has 2 atom stereocenters. The van der Waals surface area contributed by atoms with Crippen LogP contribution in [-0.4, -0.2) is 40.3 Å². The number of nitrogens with one attached hydrogen (secondary N) is 1. The van der Waals surface area contributed by atoms with Crippen LogP contribution in [0.4, 0.5) is 17.6 Å². The summed E-state index contributed by atoms with van der Waals surface area (Å²) in [6.07, 6.45) is -6.34. The van der Waals surface area contributed by atoms with E-state index >= 15 is 0 Å². The number of ether oxygens (including phenoxy) is 2. The zero-order valence-electron chi connectivity index (χ0n) is 18.3. The average Bonchev–Trinajstić information content (AvgIpc) is 2.72. The lowest BCUT2D eigenvalue weighted by molar-refractivity contribution is -0.144. The molecule has 2 rings (SSSR count). The summed E-state index contributed by atoms with van der Waals surface area (Å²) in [5.74, 6) is -2.76. The number of halogens is 5. The van der Waals surface area contributed by atoms with Gasteiger partial charge >= 0.3 is 17.8 Å². The van der Waals surface area contributed by atoms with Crippen LogP contribution < -0.4 is 21.3 Å². The quantitative estimate of drug-likeness (QED) is 0.453. The summed E-state index contributed by atoms with van der Waals surface area (Å²) in [5, 5.41) is 2.16. The first-order chi connectivity index (χ1) is 15.7. The van der Waals surface area contributed by atoms with Gasteiger partial charge in [-0.15, -0.1) is 0 Å². The van der Waals surface area contributed by atoms with Crippen molar-refractivity contribution in [3.63, 3.8) is 0 Å². The maximum atomic E-state index is 14.6. The van der Waals surface area contributed by atoms with Crippen LogP contribution in [0.3, 0.4) is 0 Å². The number of rotatable bonds is 7. The Morgan fingerprint density at radius 3 is 2.35 bits per heavy atom. The van der Waals surface area contributed by atoms with Crippen LogP contribution in [0.25, 0.3) is 5.69 Å². The van der Waals surface area contributed by atoms with Gasteiger partial charge in [0.15, 0.2) is 6.10 Å². The van der Waals surface area contributed by atoms with Gasteiger partial charge in [-0.25, -0.2) is 13.8 Å². The molecule has 1 aromatic carbocycles. The van der Waals surface area contributed by atoms with E-state index in [1.54, 1.807) is 0 Å². The molecule has 0 aliphatic carbocycles. The standard InChI is InChI=1S/C20H20ClF4N3O6/c1-9(5-17(30)33-4)26-18(31)10(2)34-14-7-13(12(22)6-11(14)21)28-16(29)8-15(20(23,24)25)27(3)19(28)32/h6-10H,5H2,1-4H3,(H,26,31). The summed E-state index contributed by atoms with van der Waals surface area (Å²) in [5.41, 5.74) is -5.15. The minimum Gasteiger partial charge on any atom is -0.479 e. The summed E-state index contributed by atoms with van der Waals surface area (Å²) in [7, 11) is 1.96. The smallest absolute Gasteiger partial charge is 0.431 e. The van der Waals surface area contributed by atoms with Crippen molar-refractivity contribution in [2.24, 2.45) is 7.05 Å². The van der Waals surface area contributed by atoms with E-state index in [9.17, 15) is 36.7 Å². The molecule has 1 N–H and O–H groups in total. The Balaban J connectivity index is 2.41. The molecule has 34 heavy (non-hydrogen) atoms. The van der Waals surface area contributed by atoms with Crippen molar-refractivity contribution >= 4 is 23.5 Å². The van der Waals surface area contributed by atoms with Gasteiger partial charge in [-0.2, -0.15) is 13.2 Å². The molecule has 0 aliphatic heterocycles. The molecule has 1 heterocycles. The van der Waals surface area contributed by atoms with Crippen LogP contribution in [0.15, 0.2) is 27.8 Å². The second kappa shape index (κ2) is 10.3. The van der Waals surface area contributed by atoms with Crippen molar-refractivity contribution in [1.82, 2.24) is 14.5 Å². The number of carbonyl (C=O) groups is 2. The Morgan fingerprint density at radius 1 is 1.18 bits per heavy atom. The fraction of sp³-hybridized carbons (Fsp3) is 0.400. The predicted molar refractivity (Wildman–Crippen MR) is 112 cm³/mol. The number of amides is 1. The molecular formula is C20H20ClF4N3O6. The second-order valence-corrected chi connectivity index (χ2v) is 7.63.